The van der Waals surface area contributed by atoms with Crippen LogP contribution in [-0.4, -0.2) is 24.1 Å². The Morgan fingerprint density at radius 1 is 1.14 bits per heavy atom. The summed E-state index contributed by atoms with van der Waals surface area (Å²) in [6, 6.07) is 8.10. The van der Waals surface area contributed by atoms with E-state index in [0.29, 0.717) is 5.15 Å². The maximum absolute atomic E-state index is 6.23. The summed E-state index contributed by atoms with van der Waals surface area (Å²) in [7, 11) is 4.03. The number of para-hydroxylation sites is 2. The zero-order valence-corrected chi connectivity index (χ0v) is 13.9. The van der Waals surface area contributed by atoms with Crippen molar-refractivity contribution in [2.45, 2.75) is 26.7 Å². The molecule has 0 amide bonds. The first-order chi connectivity index (χ1) is 9.90. The van der Waals surface area contributed by atoms with Gasteiger partial charge in [-0.1, -0.05) is 37.6 Å². The van der Waals surface area contributed by atoms with Crippen molar-refractivity contribution in [3.63, 3.8) is 0 Å². The lowest BCUT2D eigenvalue weighted by molar-refractivity contribution is 0.773. The van der Waals surface area contributed by atoms with E-state index < -0.39 is 0 Å². The number of benzene rings is 1. The smallest absolute Gasteiger partial charge is 0.138 e. The highest BCUT2D eigenvalue weighted by Crippen LogP contribution is 2.30. The van der Waals surface area contributed by atoms with Gasteiger partial charge in [0.15, 0.2) is 0 Å². The molecule has 0 saturated carbocycles. The van der Waals surface area contributed by atoms with Crippen LogP contribution in [0.5, 0.6) is 0 Å². The second-order valence-corrected chi connectivity index (χ2v) is 5.90. The van der Waals surface area contributed by atoms with Crippen LogP contribution in [0, 0.1) is 6.92 Å². The molecule has 0 radical (unpaired) electrons. The molecule has 112 valence electrons. The fourth-order valence-corrected chi connectivity index (χ4v) is 2.16. The lowest BCUT2D eigenvalue weighted by Gasteiger charge is -2.19. The number of halogens is 1. The summed E-state index contributed by atoms with van der Waals surface area (Å²) in [6.07, 6.45) is 0. The molecule has 0 atom stereocenters. The van der Waals surface area contributed by atoms with Gasteiger partial charge < -0.3 is 10.2 Å². The largest absolute Gasteiger partial charge is 0.376 e. The van der Waals surface area contributed by atoms with Crippen LogP contribution in [0.4, 0.5) is 17.2 Å². The summed E-state index contributed by atoms with van der Waals surface area (Å²) < 4.78 is 0. The van der Waals surface area contributed by atoms with Gasteiger partial charge in [0.1, 0.15) is 16.8 Å². The van der Waals surface area contributed by atoms with E-state index in [4.69, 9.17) is 11.6 Å². The van der Waals surface area contributed by atoms with Gasteiger partial charge >= 0.3 is 0 Å². The Bertz CT molecular complexity index is 638. The summed E-state index contributed by atoms with van der Waals surface area (Å²) in [4.78, 5) is 11.0. The molecule has 0 unspecified atom stereocenters. The molecule has 2 rings (SSSR count). The van der Waals surface area contributed by atoms with Crippen molar-refractivity contribution in [1.29, 1.82) is 0 Å². The molecule has 0 aliphatic heterocycles. The molecule has 2 aromatic rings. The van der Waals surface area contributed by atoms with Crippen LogP contribution in [0.3, 0.4) is 0 Å². The molecule has 4 nitrogen and oxygen atoms in total. The van der Waals surface area contributed by atoms with Gasteiger partial charge in [0.25, 0.3) is 0 Å². The van der Waals surface area contributed by atoms with Gasteiger partial charge in [-0.25, -0.2) is 9.97 Å². The monoisotopic (exact) mass is 304 g/mol. The maximum Gasteiger partial charge on any atom is 0.138 e. The van der Waals surface area contributed by atoms with Gasteiger partial charge in [0.05, 0.1) is 11.4 Å². The molecule has 0 aliphatic rings. The van der Waals surface area contributed by atoms with E-state index in [9.17, 15) is 0 Å². The predicted octanol–water partition coefficient (Wildman–Crippen LogP) is 4.37. The minimum absolute atomic E-state index is 0.229. The van der Waals surface area contributed by atoms with E-state index in [-0.39, 0.29) is 5.92 Å². The second kappa shape index (κ2) is 6.31. The molecule has 0 fully saturated rings. The zero-order chi connectivity index (χ0) is 15.6. The first-order valence-electron chi connectivity index (χ1n) is 6.97. The Hall–Kier alpha value is -1.81. The average molecular weight is 305 g/mol. The van der Waals surface area contributed by atoms with E-state index in [1.165, 1.54) is 0 Å². The lowest BCUT2D eigenvalue weighted by Crippen LogP contribution is -2.12. The van der Waals surface area contributed by atoms with Crippen molar-refractivity contribution in [2.75, 3.05) is 24.3 Å². The Morgan fingerprint density at radius 2 is 1.81 bits per heavy atom. The number of nitrogens with zero attached hydrogens (tertiary/aromatic N) is 3. The number of nitrogens with one attached hydrogen (secondary N) is 1. The van der Waals surface area contributed by atoms with Gasteiger partial charge in [0, 0.05) is 25.6 Å². The van der Waals surface area contributed by atoms with Crippen molar-refractivity contribution < 1.29 is 0 Å². The molecule has 0 saturated heterocycles. The van der Waals surface area contributed by atoms with E-state index in [2.05, 4.69) is 40.1 Å². The number of hydrogen-bond donors (Lipinski definition) is 1. The molecule has 1 aromatic carbocycles. The molecule has 1 N–H and O–H groups in total. The summed E-state index contributed by atoms with van der Waals surface area (Å²) >= 11 is 6.23. The topological polar surface area (TPSA) is 41.1 Å². The van der Waals surface area contributed by atoms with Crippen LogP contribution in [0.1, 0.15) is 31.2 Å². The molecule has 1 aromatic heterocycles. The highest BCUT2D eigenvalue weighted by atomic mass is 35.5. The first-order valence-corrected chi connectivity index (χ1v) is 7.35. The van der Waals surface area contributed by atoms with E-state index in [1.807, 2.05) is 39.2 Å². The number of anilines is 3. The average Bonchev–Trinajstić information content (AvgIpc) is 2.43. The van der Waals surface area contributed by atoms with Gasteiger partial charge in [-0.3, -0.25) is 0 Å². The maximum atomic E-state index is 6.23. The van der Waals surface area contributed by atoms with Gasteiger partial charge in [-0.15, -0.1) is 0 Å². The zero-order valence-electron chi connectivity index (χ0n) is 13.1. The van der Waals surface area contributed by atoms with Crippen LogP contribution in [0.15, 0.2) is 24.3 Å². The van der Waals surface area contributed by atoms with Crippen molar-refractivity contribution >= 4 is 28.8 Å². The van der Waals surface area contributed by atoms with Crippen molar-refractivity contribution in [3.05, 3.63) is 40.8 Å². The molecule has 21 heavy (non-hydrogen) atoms. The number of hydrogen-bond acceptors (Lipinski definition) is 4. The minimum Gasteiger partial charge on any atom is -0.376 e. The lowest BCUT2D eigenvalue weighted by atomic mass is 10.2. The Morgan fingerprint density at radius 3 is 2.43 bits per heavy atom. The van der Waals surface area contributed by atoms with E-state index in [0.717, 1.165) is 28.6 Å². The Kier molecular flexibility index (Phi) is 4.68. The van der Waals surface area contributed by atoms with Crippen molar-refractivity contribution in [3.8, 4) is 0 Å². The first kappa shape index (κ1) is 15.6. The standard InChI is InChI=1S/C16H21ClN4/c1-10(2)15-19-14(17)11(3)16(20-15)18-12-8-6-7-9-13(12)21(4)5/h6-10H,1-5H3,(H,18,19,20). The fourth-order valence-electron chi connectivity index (χ4n) is 1.98. The van der Waals surface area contributed by atoms with Crippen molar-refractivity contribution in [2.24, 2.45) is 0 Å². The predicted molar refractivity (Wildman–Crippen MR) is 89.9 cm³/mol. The molecule has 0 aliphatic carbocycles. The minimum atomic E-state index is 0.229. The highest BCUT2D eigenvalue weighted by Gasteiger charge is 2.13. The third-order valence-electron chi connectivity index (χ3n) is 3.26. The summed E-state index contributed by atoms with van der Waals surface area (Å²) in [5.41, 5.74) is 2.95. The molecule has 5 heteroatoms. The van der Waals surface area contributed by atoms with Crippen molar-refractivity contribution in [1.82, 2.24) is 9.97 Å². The van der Waals surface area contributed by atoms with Gasteiger partial charge in [-0.2, -0.15) is 0 Å². The normalized spacial score (nSPS) is 10.8. The number of aromatic nitrogens is 2. The third-order valence-corrected chi connectivity index (χ3v) is 3.63. The van der Waals surface area contributed by atoms with Crippen LogP contribution >= 0.6 is 11.6 Å². The highest BCUT2D eigenvalue weighted by molar-refractivity contribution is 6.30. The summed E-state index contributed by atoms with van der Waals surface area (Å²) in [6.45, 7) is 6.03. The molecular formula is C16H21ClN4. The van der Waals surface area contributed by atoms with E-state index >= 15 is 0 Å². The Balaban J connectivity index is 2.44. The van der Waals surface area contributed by atoms with E-state index in [1.54, 1.807) is 0 Å². The number of rotatable bonds is 4. The summed E-state index contributed by atoms with van der Waals surface area (Å²) in [5.74, 6) is 1.73. The third kappa shape index (κ3) is 3.45. The van der Waals surface area contributed by atoms with Crippen LogP contribution in [-0.2, 0) is 0 Å². The van der Waals surface area contributed by atoms with Crippen LogP contribution in [0.25, 0.3) is 0 Å². The SMILES string of the molecule is Cc1c(Cl)nc(C(C)C)nc1Nc1ccccc1N(C)C. The van der Waals surface area contributed by atoms with Crippen LogP contribution < -0.4 is 10.2 Å². The molecule has 1 heterocycles. The molecule has 0 bridgehead atoms. The molecule has 0 spiro atoms. The van der Waals surface area contributed by atoms with Gasteiger partial charge in [0.2, 0.25) is 0 Å². The van der Waals surface area contributed by atoms with Crippen LogP contribution in [0.2, 0.25) is 5.15 Å². The second-order valence-electron chi connectivity index (χ2n) is 5.54. The quantitative estimate of drug-likeness (QED) is 0.852. The Labute approximate surface area is 131 Å². The van der Waals surface area contributed by atoms with Gasteiger partial charge in [-0.05, 0) is 19.1 Å². The summed E-state index contributed by atoms with van der Waals surface area (Å²) in [5, 5.41) is 3.88. The fraction of sp³-hybridized carbons (Fsp3) is 0.375. The molecular weight excluding hydrogens is 284 g/mol.